The number of carbonyl (C=O) groups is 1. The molecule has 0 aliphatic carbocycles. The van der Waals surface area contributed by atoms with Crippen LogP contribution >= 0.6 is 22.9 Å². The van der Waals surface area contributed by atoms with Crippen molar-refractivity contribution in [3.05, 3.63) is 29.1 Å². The summed E-state index contributed by atoms with van der Waals surface area (Å²) in [7, 11) is 0. The van der Waals surface area contributed by atoms with E-state index in [2.05, 4.69) is 15.0 Å². The quantitative estimate of drug-likeness (QED) is 0.845. The summed E-state index contributed by atoms with van der Waals surface area (Å²) in [6.07, 6.45) is 0. The third-order valence-electron chi connectivity index (χ3n) is 2.52. The molecule has 0 saturated carbocycles. The van der Waals surface area contributed by atoms with E-state index in [0.717, 1.165) is 10.4 Å². The molecule has 0 aliphatic heterocycles. The number of alkyl halides is 3. The zero-order chi connectivity index (χ0) is 15.4. The van der Waals surface area contributed by atoms with Gasteiger partial charge >= 0.3 is 6.61 Å². The van der Waals surface area contributed by atoms with Gasteiger partial charge in [-0.15, -0.1) is 22.9 Å². The molecule has 1 aromatic heterocycles. The van der Waals surface area contributed by atoms with Crippen molar-refractivity contribution in [1.29, 1.82) is 0 Å². The monoisotopic (exact) mass is 332 g/mol. The first-order valence-electron chi connectivity index (χ1n) is 5.88. The molecule has 0 saturated heterocycles. The van der Waals surface area contributed by atoms with Crippen molar-refractivity contribution in [1.82, 2.24) is 4.98 Å². The summed E-state index contributed by atoms with van der Waals surface area (Å²) in [6.45, 7) is -0.998. The second kappa shape index (κ2) is 6.82. The number of nitrogens with one attached hydrogen (secondary N) is 1. The second-order valence-corrected chi connectivity index (χ2v) is 5.48. The summed E-state index contributed by atoms with van der Waals surface area (Å²) in [5.74, 6) is -0.400. The van der Waals surface area contributed by atoms with Gasteiger partial charge in [-0.05, 0) is 31.2 Å². The summed E-state index contributed by atoms with van der Waals surface area (Å²) in [5.41, 5.74) is 1.42. The molecule has 8 heteroatoms. The van der Waals surface area contributed by atoms with E-state index >= 15 is 0 Å². The minimum Gasteiger partial charge on any atom is -0.435 e. The Labute approximate surface area is 128 Å². The highest BCUT2D eigenvalue weighted by molar-refractivity contribution is 7.16. The van der Waals surface area contributed by atoms with Crippen molar-refractivity contribution in [2.75, 3.05) is 11.2 Å². The summed E-state index contributed by atoms with van der Waals surface area (Å²) in [5, 5.41) is 3.02. The van der Waals surface area contributed by atoms with Crippen molar-refractivity contribution >= 4 is 34.0 Å². The Hall–Kier alpha value is -1.73. The third-order valence-corrected chi connectivity index (χ3v) is 3.65. The zero-order valence-corrected chi connectivity index (χ0v) is 12.5. The Morgan fingerprint density at radius 1 is 1.43 bits per heavy atom. The average molecular weight is 333 g/mol. The molecule has 0 radical (unpaired) electrons. The van der Waals surface area contributed by atoms with Gasteiger partial charge in [-0.1, -0.05) is 0 Å². The first kappa shape index (κ1) is 15.7. The summed E-state index contributed by atoms with van der Waals surface area (Å²) in [4.78, 5) is 16.4. The van der Waals surface area contributed by atoms with Crippen LogP contribution in [0.5, 0.6) is 5.75 Å². The van der Waals surface area contributed by atoms with Gasteiger partial charge in [-0.25, -0.2) is 4.98 Å². The Kier molecular flexibility index (Phi) is 5.08. The molecule has 0 spiro atoms. The van der Waals surface area contributed by atoms with Crippen molar-refractivity contribution in [2.24, 2.45) is 0 Å². The van der Waals surface area contributed by atoms with Gasteiger partial charge in [-0.3, -0.25) is 4.79 Å². The Morgan fingerprint density at radius 3 is 2.67 bits per heavy atom. The lowest BCUT2D eigenvalue weighted by Gasteiger charge is -2.05. The number of thiazole rings is 1. The molecule has 1 aromatic carbocycles. The fraction of sp³-hybridized carbons (Fsp3) is 0.231. The molecule has 2 rings (SSSR count). The van der Waals surface area contributed by atoms with Crippen LogP contribution in [0.4, 0.5) is 13.9 Å². The van der Waals surface area contributed by atoms with E-state index < -0.39 is 6.61 Å². The van der Waals surface area contributed by atoms with Crippen LogP contribution in [0.1, 0.15) is 4.88 Å². The fourth-order valence-electron chi connectivity index (χ4n) is 1.66. The van der Waals surface area contributed by atoms with Crippen LogP contribution in [0, 0.1) is 6.92 Å². The fourth-order valence-corrected chi connectivity index (χ4v) is 2.58. The molecule has 21 heavy (non-hydrogen) atoms. The van der Waals surface area contributed by atoms with Gasteiger partial charge in [0.2, 0.25) is 5.91 Å². The van der Waals surface area contributed by atoms with Crippen molar-refractivity contribution in [3.8, 4) is 17.0 Å². The van der Waals surface area contributed by atoms with E-state index in [1.54, 1.807) is 12.1 Å². The predicted molar refractivity (Wildman–Crippen MR) is 78.3 cm³/mol. The number of hydrogen-bond acceptors (Lipinski definition) is 4. The lowest BCUT2D eigenvalue weighted by molar-refractivity contribution is -0.113. The van der Waals surface area contributed by atoms with Crippen LogP contribution < -0.4 is 10.1 Å². The highest BCUT2D eigenvalue weighted by Crippen LogP contribution is 2.31. The molecule has 112 valence electrons. The van der Waals surface area contributed by atoms with Gasteiger partial charge in [0.15, 0.2) is 5.13 Å². The summed E-state index contributed by atoms with van der Waals surface area (Å²) in [6, 6.07) is 6.15. The molecular formula is C13H11ClF2N2O2S. The normalized spacial score (nSPS) is 10.7. The highest BCUT2D eigenvalue weighted by Gasteiger charge is 2.12. The molecule has 1 amide bonds. The van der Waals surface area contributed by atoms with Gasteiger partial charge in [0.25, 0.3) is 0 Å². The number of halogens is 3. The van der Waals surface area contributed by atoms with E-state index in [0.29, 0.717) is 10.8 Å². The van der Waals surface area contributed by atoms with E-state index in [1.165, 1.54) is 23.5 Å². The van der Waals surface area contributed by atoms with Crippen LogP contribution in [0.3, 0.4) is 0 Å². The van der Waals surface area contributed by atoms with Gasteiger partial charge in [-0.2, -0.15) is 8.78 Å². The molecule has 2 aromatic rings. The molecule has 0 aliphatic rings. The molecule has 4 nitrogen and oxygen atoms in total. The number of aromatic nitrogens is 1. The van der Waals surface area contributed by atoms with E-state index in [9.17, 15) is 13.6 Å². The van der Waals surface area contributed by atoms with Crippen molar-refractivity contribution in [3.63, 3.8) is 0 Å². The van der Waals surface area contributed by atoms with Crippen LogP contribution in [-0.4, -0.2) is 23.4 Å². The number of ether oxygens (including phenoxy) is 1. The van der Waals surface area contributed by atoms with E-state index in [4.69, 9.17) is 11.6 Å². The number of carbonyl (C=O) groups excluding carboxylic acids is 1. The number of anilines is 1. The molecule has 0 fully saturated rings. The van der Waals surface area contributed by atoms with Crippen molar-refractivity contribution in [2.45, 2.75) is 13.5 Å². The van der Waals surface area contributed by atoms with Crippen molar-refractivity contribution < 1.29 is 18.3 Å². The smallest absolute Gasteiger partial charge is 0.387 e. The lowest BCUT2D eigenvalue weighted by Crippen LogP contribution is -2.12. The zero-order valence-electron chi connectivity index (χ0n) is 10.9. The average Bonchev–Trinajstić information content (AvgIpc) is 2.79. The van der Waals surface area contributed by atoms with Crippen LogP contribution in [0.2, 0.25) is 0 Å². The van der Waals surface area contributed by atoms with E-state index in [-0.39, 0.29) is 17.5 Å². The standard InChI is InChI=1S/C13H11ClF2N2O2S/c1-7-11(18-13(21-7)17-10(19)6-14)8-2-4-9(5-3-8)20-12(15)16/h2-5,12H,6H2,1H3,(H,17,18,19). The van der Waals surface area contributed by atoms with Gasteiger partial charge in [0, 0.05) is 10.4 Å². The highest BCUT2D eigenvalue weighted by atomic mass is 35.5. The number of amides is 1. The van der Waals surface area contributed by atoms with Crippen LogP contribution in [-0.2, 0) is 4.79 Å². The van der Waals surface area contributed by atoms with Gasteiger partial charge in [0.1, 0.15) is 11.6 Å². The largest absolute Gasteiger partial charge is 0.435 e. The number of rotatable bonds is 5. The minimum absolute atomic E-state index is 0.0808. The molecule has 0 bridgehead atoms. The molecule has 1 N–H and O–H groups in total. The maximum atomic E-state index is 12.1. The molecule has 1 heterocycles. The lowest BCUT2D eigenvalue weighted by atomic mass is 10.1. The Bertz CT molecular complexity index is 632. The van der Waals surface area contributed by atoms with E-state index in [1.807, 2.05) is 6.92 Å². The SMILES string of the molecule is Cc1sc(NC(=O)CCl)nc1-c1ccc(OC(F)F)cc1. The number of benzene rings is 1. The number of aryl methyl sites for hydroxylation is 1. The maximum Gasteiger partial charge on any atom is 0.387 e. The molecule has 0 unspecified atom stereocenters. The minimum atomic E-state index is -2.85. The number of hydrogen-bond donors (Lipinski definition) is 1. The van der Waals surface area contributed by atoms with Gasteiger partial charge < -0.3 is 10.1 Å². The van der Waals surface area contributed by atoms with Crippen LogP contribution in [0.15, 0.2) is 24.3 Å². The summed E-state index contributed by atoms with van der Waals surface area (Å²) < 4.78 is 28.5. The predicted octanol–water partition coefficient (Wildman–Crippen LogP) is 3.90. The molecule has 0 atom stereocenters. The van der Waals surface area contributed by atoms with Crippen LogP contribution in [0.25, 0.3) is 11.3 Å². The third kappa shape index (κ3) is 4.12. The maximum absolute atomic E-state index is 12.1. The topological polar surface area (TPSA) is 51.2 Å². The summed E-state index contributed by atoms with van der Waals surface area (Å²) >= 11 is 6.73. The van der Waals surface area contributed by atoms with Gasteiger partial charge in [0.05, 0.1) is 5.69 Å². The Balaban J connectivity index is 2.19. The Morgan fingerprint density at radius 2 is 2.10 bits per heavy atom. The molecular weight excluding hydrogens is 322 g/mol. The first-order valence-corrected chi connectivity index (χ1v) is 7.23. The number of nitrogens with zero attached hydrogens (tertiary/aromatic N) is 1. The first-order chi connectivity index (χ1) is 9.99. The second-order valence-electron chi connectivity index (χ2n) is 4.01.